The number of anilines is 1. The van der Waals surface area contributed by atoms with Crippen molar-refractivity contribution in [1.82, 2.24) is 4.31 Å². The number of sulfonamides is 1. The maximum absolute atomic E-state index is 12.6. The lowest BCUT2D eigenvalue weighted by molar-refractivity contribution is -0.384. The van der Waals surface area contributed by atoms with Crippen molar-refractivity contribution in [2.45, 2.75) is 24.8 Å². The highest BCUT2D eigenvalue weighted by molar-refractivity contribution is 7.89. The first kappa shape index (κ1) is 20.9. The topological polar surface area (TPSA) is 111 Å². The second-order valence-electron chi connectivity index (χ2n) is 6.40. The van der Waals surface area contributed by atoms with Crippen molar-refractivity contribution in [2.75, 3.05) is 31.6 Å². The van der Waals surface area contributed by atoms with Crippen LogP contribution in [0, 0.1) is 10.1 Å². The van der Waals surface area contributed by atoms with Crippen molar-refractivity contribution in [2.24, 2.45) is 0 Å². The first-order chi connectivity index (χ1) is 13.9. The Morgan fingerprint density at radius 2 is 1.86 bits per heavy atom. The van der Waals surface area contributed by atoms with E-state index in [0.717, 1.165) is 6.07 Å². The van der Waals surface area contributed by atoms with E-state index in [1.165, 1.54) is 16.4 Å². The summed E-state index contributed by atoms with van der Waals surface area (Å²) in [4.78, 5) is 10.8. The maximum Gasteiger partial charge on any atom is 0.293 e. The largest absolute Gasteiger partial charge is 0.486 e. The number of nitrogens with zero attached hydrogens (tertiary/aromatic N) is 2. The zero-order valence-electron chi connectivity index (χ0n) is 16.2. The molecule has 1 N–H and O–H groups in total. The van der Waals surface area contributed by atoms with Crippen molar-refractivity contribution in [3.05, 3.63) is 52.6 Å². The Morgan fingerprint density at radius 3 is 2.52 bits per heavy atom. The number of benzene rings is 2. The standard InChI is InChI=1S/C19H23N3O6S/c1-3-21(4-2)29(25,26)15-9-10-16(17(11-15)22(23)24)20-12-14-13-27-18-7-5-6-8-19(18)28-14/h5-11,14,20H,3-4,12-13H2,1-2H3/t14-/m0/s1. The van der Waals surface area contributed by atoms with Gasteiger partial charge in [-0.2, -0.15) is 4.31 Å². The highest BCUT2D eigenvalue weighted by Crippen LogP contribution is 2.32. The van der Waals surface area contributed by atoms with Gasteiger partial charge >= 0.3 is 0 Å². The molecule has 0 fully saturated rings. The summed E-state index contributed by atoms with van der Waals surface area (Å²) in [5, 5.41) is 14.5. The van der Waals surface area contributed by atoms with Crippen LogP contribution in [0.15, 0.2) is 47.4 Å². The SMILES string of the molecule is CCN(CC)S(=O)(=O)c1ccc(NC[C@H]2COc3ccccc3O2)c([N+](=O)[O-])c1. The van der Waals surface area contributed by atoms with E-state index in [9.17, 15) is 18.5 Å². The van der Waals surface area contributed by atoms with Gasteiger partial charge in [-0.25, -0.2) is 8.42 Å². The van der Waals surface area contributed by atoms with Gasteiger partial charge in [0.1, 0.15) is 18.4 Å². The van der Waals surface area contributed by atoms with E-state index in [1.807, 2.05) is 12.1 Å². The van der Waals surface area contributed by atoms with Crippen LogP contribution in [0.5, 0.6) is 11.5 Å². The summed E-state index contributed by atoms with van der Waals surface area (Å²) in [5.74, 6) is 1.27. The molecular formula is C19H23N3O6S. The molecule has 156 valence electrons. The summed E-state index contributed by atoms with van der Waals surface area (Å²) < 4.78 is 38.0. The van der Waals surface area contributed by atoms with Crippen LogP contribution in [-0.2, 0) is 10.0 Å². The zero-order chi connectivity index (χ0) is 21.0. The maximum atomic E-state index is 12.6. The summed E-state index contributed by atoms with van der Waals surface area (Å²) >= 11 is 0. The normalized spacial score (nSPS) is 15.9. The van der Waals surface area contributed by atoms with Crippen LogP contribution in [0.2, 0.25) is 0 Å². The molecule has 0 radical (unpaired) electrons. The van der Waals surface area contributed by atoms with E-state index in [-0.39, 0.29) is 42.0 Å². The number of nitro benzene ring substituents is 1. The van der Waals surface area contributed by atoms with Gasteiger partial charge in [0.25, 0.3) is 5.69 Å². The van der Waals surface area contributed by atoms with E-state index in [0.29, 0.717) is 18.1 Å². The van der Waals surface area contributed by atoms with Crippen molar-refractivity contribution < 1.29 is 22.8 Å². The summed E-state index contributed by atoms with van der Waals surface area (Å²) in [7, 11) is -3.79. The van der Waals surface area contributed by atoms with Crippen LogP contribution >= 0.6 is 0 Å². The van der Waals surface area contributed by atoms with Crippen LogP contribution in [0.1, 0.15) is 13.8 Å². The highest BCUT2D eigenvalue weighted by Gasteiger charge is 2.26. The lowest BCUT2D eigenvalue weighted by Crippen LogP contribution is -2.35. The molecule has 0 unspecified atom stereocenters. The zero-order valence-corrected chi connectivity index (χ0v) is 17.0. The molecule has 0 bridgehead atoms. The average Bonchev–Trinajstić information content (AvgIpc) is 2.72. The summed E-state index contributed by atoms with van der Waals surface area (Å²) in [6.07, 6.45) is -0.344. The second kappa shape index (κ2) is 8.66. The van der Waals surface area contributed by atoms with Gasteiger partial charge < -0.3 is 14.8 Å². The molecule has 0 aromatic heterocycles. The molecule has 0 saturated heterocycles. The Labute approximate surface area is 169 Å². The van der Waals surface area contributed by atoms with Crippen LogP contribution < -0.4 is 14.8 Å². The molecule has 10 heteroatoms. The van der Waals surface area contributed by atoms with Gasteiger partial charge in [0.05, 0.1) is 16.4 Å². The molecule has 1 aliphatic rings. The third kappa shape index (κ3) is 4.43. The van der Waals surface area contributed by atoms with Gasteiger partial charge in [0.2, 0.25) is 10.0 Å². The molecule has 1 atom stereocenters. The lowest BCUT2D eigenvalue weighted by Gasteiger charge is -2.26. The molecule has 1 aliphatic heterocycles. The molecule has 2 aromatic rings. The Hall–Kier alpha value is -2.85. The molecule has 29 heavy (non-hydrogen) atoms. The number of fused-ring (bicyclic) bond motifs is 1. The number of ether oxygens (including phenoxy) is 2. The predicted molar refractivity (Wildman–Crippen MR) is 108 cm³/mol. The molecule has 1 heterocycles. The van der Waals surface area contributed by atoms with E-state index >= 15 is 0 Å². The number of hydrogen-bond acceptors (Lipinski definition) is 7. The first-order valence-electron chi connectivity index (χ1n) is 9.27. The van der Waals surface area contributed by atoms with Crippen LogP contribution in [-0.4, -0.2) is 50.0 Å². The Morgan fingerprint density at radius 1 is 1.17 bits per heavy atom. The van der Waals surface area contributed by atoms with E-state index < -0.39 is 14.9 Å². The third-order valence-corrected chi connectivity index (χ3v) is 6.64. The molecule has 0 saturated carbocycles. The molecule has 0 aliphatic carbocycles. The quantitative estimate of drug-likeness (QED) is 0.515. The van der Waals surface area contributed by atoms with Gasteiger partial charge in [-0.05, 0) is 24.3 Å². The number of hydrogen-bond donors (Lipinski definition) is 1. The second-order valence-corrected chi connectivity index (χ2v) is 8.34. The molecule has 0 amide bonds. The molecule has 0 spiro atoms. The molecule has 3 rings (SSSR count). The fourth-order valence-electron chi connectivity index (χ4n) is 3.07. The average molecular weight is 421 g/mol. The Bertz CT molecular complexity index is 991. The Balaban J connectivity index is 1.77. The minimum Gasteiger partial charge on any atom is -0.486 e. The van der Waals surface area contributed by atoms with Crippen LogP contribution in [0.3, 0.4) is 0 Å². The van der Waals surface area contributed by atoms with Crippen molar-refractivity contribution in [3.63, 3.8) is 0 Å². The number of rotatable bonds is 8. The van der Waals surface area contributed by atoms with Gasteiger partial charge in [-0.15, -0.1) is 0 Å². The first-order valence-corrected chi connectivity index (χ1v) is 10.7. The van der Waals surface area contributed by atoms with Gasteiger partial charge in [-0.1, -0.05) is 26.0 Å². The molecule has 9 nitrogen and oxygen atoms in total. The molecular weight excluding hydrogens is 398 g/mol. The number of nitro groups is 1. The van der Waals surface area contributed by atoms with E-state index in [4.69, 9.17) is 9.47 Å². The van der Waals surface area contributed by atoms with Crippen LogP contribution in [0.25, 0.3) is 0 Å². The Kier molecular flexibility index (Phi) is 6.23. The number of nitrogens with one attached hydrogen (secondary N) is 1. The van der Waals surface area contributed by atoms with Gasteiger partial charge in [0, 0.05) is 19.2 Å². The lowest BCUT2D eigenvalue weighted by atomic mass is 10.2. The summed E-state index contributed by atoms with van der Waals surface area (Å²) in [6.45, 7) is 4.56. The number of para-hydroxylation sites is 2. The van der Waals surface area contributed by atoms with E-state index in [1.54, 1.807) is 26.0 Å². The van der Waals surface area contributed by atoms with Crippen LogP contribution in [0.4, 0.5) is 11.4 Å². The minimum absolute atomic E-state index is 0.107. The highest BCUT2D eigenvalue weighted by atomic mass is 32.2. The predicted octanol–water partition coefficient (Wildman–Crippen LogP) is 2.88. The minimum atomic E-state index is -3.79. The summed E-state index contributed by atoms with van der Waals surface area (Å²) in [5.41, 5.74) is -0.0914. The smallest absolute Gasteiger partial charge is 0.293 e. The van der Waals surface area contributed by atoms with Crippen molar-refractivity contribution in [1.29, 1.82) is 0 Å². The fourth-order valence-corrected chi connectivity index (χ4v) is 4.55. The third-order valence-electron chi connectivity index (χ3n) is 4.60. The van der Waals surface area contributed by atoms with Gasteiger partial charge in [0.15, 0.2) is 11.5 Å². The summed E-state index contributed by atoms with van der Waals surface area (Å²) in [6, 6.07) is 11.1. The van der Waals surface area contributed by atoms with Gasteiger partial charge in [-0.3, -0.25) is 10.1 Å². The molecule has 2 aromatic carbocycles. The monoisotopic (exact) mass is 421 g/mol. The fraction of sp³-hybridized carbons (Fsp3) is 0.368. The van der Waals surface area contributed by atoms with E-state index in [2.05, 4.69) is 5.32 Å². The van der Waals surface area contributed by atoms with Crippen molar-refractivity contribution in [3.8, 4) is 11.5 Å². The van der Waals surface area contributed by atoms with Crippen molar-refractivity contribution >= 4 is 21.4 Å².